The number of rotatable bonds is 3. The molecule has 1 aliphatic rings. The van der Waals surface area contributed by atoms with Gasteiger partial charge in [0.25, 0.3) is 0 Å². The van der Waals surface area contributed by atoms with Crippen molar-refractivity contribution in [2.24, 2.45) is 0 Å². The third kappa shape index (κ3) is 1.85. The summed E-state index contributed by atoms with van der Waals surface area (Å²) < 4.78 is 18.6. The third-order valence-corrected chi connectivity index (χ3v) is 3.44. The van der Waals surface area contributed by atoms with Crippen LogP contribution in [0.3, 0.4) is 0 Å². The van der Waals surface area contributed by atoms with Gasteiger partial charge in [-0.15, -0.1) is 0 Å². The second-order valence-electron chi connectivity index (χ2n) is 4.68. The highest BCUT2D eigenvalue weighted by Gasteiger charge is 2.47. The van der Waals surface area contributed by atoms with Crippen LogP contribution in [-0.2, 0) is 5.41 Å². The van der Waals surface area contributed by atoms with Crippen molar-refractivity contribution in [2.45, 2.75) is 18.3 Å². The summed E-state index contributed by atoms with van der Waals surface area (Å²) in [4.78, 5) is 7.35. The molecule has 19 heavy (non-hydrogen) atoms. The molecule has 3 rings (SSSR count). The Kier molecular flexibility index (Phi) is 2.53. The molecule has 0 radical (unpaired) electrons. The van der Waals surface area contributed by atoms with Gasteiger partial charge in [-0.2, -0.15) is 5.26 Å². The molecule has 1 aromatic heterocycles. The Hall–Kier alpha value is -2.35. The molecular weight excluding hydrogens is 245 g/mol. The molecule has 1 saturated carbocycles. The summed E-state index contributed by atoms with van der Waals surface area (Å²) in [6.07, 6.45) is 3.25. The zero-order valence-electron chi connectivity index (χ0n) is 10.4. The largest absolute Gasteiger partial charge is 0.496 e. The average Bonchev–Trinajstić information content (AvgIpc) is 3.08. The molecule has 2 aromatic rings. The van der Waals surface area contributed by atoms with Crippen LogP contribution in [0.15, 0.2) is 24.4 Å². The number of benzene rings is 1. The van der Waals surface area contributed by atoms with Crippen molar-refractivity contribution >= 4 is 0 Å². The monoisotopic (exact) mass is 257 g/mol. The number of aromatic amines is 1. The number of H-pyrrole nitrogens is 1. The molecular formula is C14H12FN3O. The number of methoxy groups -OCH3 is 1. The molecule has 4 nitrogen and oxygen atoms in total. The second kappa shape index (κ2) is 4.09. The lowest BCUT2D eigenvalue weighted by molar-refractivity contribution is 0.415. The third-order valence-electron chi connectivity index (χ3n) is 3.44. The van der Waals surface area contributed by atoms with Crippen molar-refractivity contribution in [3.8, 4) is 23.1 Å². The number of nitrogens with one attached hydrogen (secondary N) is 1. The first kappa shape index (κ1) is 11.7. The van der Waals surface area contributed by atoms with Crippen molar-refractivity contribution in [3.05, 3.63) is 36.0 Å². The van der Waals surface area contributed by atoms with Gasteiger partial charge >= 0.3 is 0 Å². The van der Waals surface area contributed by atoms with Crippen LogP contribution in [0.5, 0.6) is 5.75 Å². The Morgan fingerprint density at radius 3 is 2.89 bits per heavy atom. The SMILES string of the molecule is COc1ccc(F)cc1-c1cnc(C2(C#N)CC2)[nH]1. The summed E-state index contributed by atoms with van der Waals surface area (Å²) in [7, 11) is 1.53. The van der Waals surface area contributed by atoms with Crippen molar-refractivity contribution in [1.82, 2.24) is 9.97 Å². The van der Waals surface area contributed by atoms with Crippen molar-refractivity contribution in [1.29, 1.82) is 5.26 Å². The van der Waals surface area contributed by atoms with E-state index >= 15 is 0 Å². The molecule has 96 valence electrons. The topological polar surface area (TPSA) is 61.7 Å². The fourth-order valence-electron chi connectivity index (χ4n) is 2.12. The number of ether oxygens (including phenoxy) is 1. The van der Waals surface area contributed by atoms with E-state index in [-0.39, 0.29) is 5.82 Å². The molecule has 0 spiro atoms. The van der Waals surface area contributed by atoms with Crippen LogP contribution < -0.4 is 4.74 Å². The van der Waals surface area contributed by atoms with Gasteiger partial charge in [0.15, 0.2) is 0 Å². The fourth-order valence-corrected chi connectivity index (χ4v) is 2.12. The molecule has 5 heteroatoms. The Balaban J connectivity index is 2.04. The van der Waals surface area contributed by atoms with Crippen molar-refractivity contribution in [2.75, 3.05) is 7.11 Å². The highest BCUT2D eigenvalue weighted by Crippen LogP contribution is 2.46. The van der Waals surface area contributed by atoms with Gasteiger partial charge in [0, 0.05) is 5.56 Å². The first-order valence-corrected chi connectivity index (χ1v) is 5.99. The van der Waals surface area contributed by atoms with Crippen LogP contribution in [0.1, 0.15) is 18.7 Å². The fraction of sp³-hybridized carbons (Fsp3) is 0.286. The molecule has 1 heterocycles. The van der Waals surface area contributed by atoms with Gasteiger partial charge in [0.05, 0.1) is 25.1 Å². The zero-order chi connectivity index (χ0) is 13.5. The van der Waals surface area contributed by atoms with Gasteiger partial charge in [-0.25, -0.2) is 9.37 Å². The Labute approximate surface area is 109 Å². The maximum Gasteiger partial charge on any atom is 0.128 e. The summed E-state index contributed by atoms with van der Waals surface area (Å²) >= 11 is 0. The molecule has 0 bridgehead atoms. The van der Waals surface area contributed by atoms with Gasteiger partial charge in [0.1, 0.15) is 22.8 Å². The highest BCUT2D eigenvalue weighted by atomic mass is 19.1. The lowest BCUT2D eigenvalue weighted by atomic mass is 10.1. The average molecular weight is 257 g/mol. The predicted octanol–water partition coefficient (Wildman–Crippen LogP) is 2.78. The molecule has 0 unspecified atom stereocenters. The molecule has 1 fully saturated rings. The summed E-state index contributed by atoms with van der Waals surface area (Å²) in [6.45, 7) is 0. The molecule has 1 aliphatic carbocycles. The van der Waals surface area contributed by atoms with E-state index in [2.05, 4.69) is 16.0 Å². The molecule has 0 saturated heterocycles. The number of nitrogens with zero attached hydrogens (tertiary/aromatic N) is 2. The quantitative estimate of drug-likeness (QED) is 0.919. The van der Waals surface area contributed by atoms with Gasteiger partial charge in [-0.3, -0.25) is 0 Å². The minimum Gasteiger partial charge on any atom is -0.496 e. The first-order valence-electron chi connectivity index (χ1n) is 5.99. The highest BCUT2D eigenvalue weighted by molar-refractivity contribution is 5.67. The number of imidazole rings is 1. The summed E-state index contributed by atoms with van der Waals surface area (Å²) in [6, 6.07) is 6.58. The van der Waals surface area contributed by atoms with Crippen molar-refractivity contribution in [3.63, 3.8) is 0 Å². The number of halogens is 1. The summed E-state index contributed by atoms with van der Waals surface area (Å²) in [5.41, 5.74) is 0.793. The van der Waals surface area contributed by atoms with E-state index in [1.165, 1.54) is 19.2 Å². The van der Waals surface area contributed by atoms with E-state index in [1.54, 1.807) is 12.3 Å². The summed E-state index contributed by atoms with van der Waals surface area (Å²) in [5, 5.41) is 9.14. The van der Waals surface area contributed by atoms with E-state index < -0.39 is 5.41 Å². The van der Waals surface area contributed by atoms with Crippen LogP contribution in [0.2, 0.25) is 0 Å². The lowest BCUT2D eigenvalue weighted by Gasteiger charge is -2.06. The van der Waals surface area contributed by atoms with Gasteiger partial charge < -0.3 is 9.72 Å². The van der Waals surface area contributed by atoms with Crippen LogP contribution in [0, 0.1) is 17.1 Å². The van der Waals surface area contributed by atoms with Crippen molar-refractivity contribution < 1.29 is 9.13 Å². The zero-order valence-corrected chi connectivity index (χ0v) is 10.4. The van der Waals surface area contributed by atoms with E-state index in [0.717, 1.165) is 12.8 Å². The number of hydrogen-bond acceptors (Lipinski definition) is 3. The normalized spacial score (nSPS) is 15.8. The Morgan fingerprint density at radius 2 is 2.26 bits per heavy atom. The van der Waals surface area contributed by atoms with Crippen LogP contribution >= 0.6 is 0 Å². The maximum atomic E-state index is 13.3. The van der Waals surface area contributed by atoms with E-state index in [4.69, 9.17) is 10.00 Å². The summed E-state index contributed by atoms with van der Waals surface area (Å²) in [5.74, 6) is 0.878. The van der Waals surface area contributed by atoms with Crippen LogP contribution in [-0.4, -0.2) is 17.1 Å². The first-order chi connectivity index (χ1) is 9.18. The van der Waals surface area contributed by atoms with Crippen LogP contribution in [0.25, 0.3) is 11.3 Å². The number of aromatic nitrogens is 2. The number of hydrogen-bond donors (Lipinski definition) is 1. The number of nitriles is 1. The molecule has 1 N–H and O–H groups in total. The minimum atomic E-state index is -0.473. The Morgan fingerprint density at radius 1 is 1.47 bits per heavy atom. The van der Waals surface area contributed by atoms with E-state index in [1.807, 2.05) is 0 Å². The van der Waals surface area contributed by atoms with Gasteiger partial charge in [-0.1, -0.05) is 0 Å². The minimum absolute atomic E-state index is 0.339. The maximum absolute atomic E-state index is 13.3. The molecule has 0 aliphatic heterocycles. The second-order valence-corrected chi connectivity index (χ2v) is 4.68. The van der Waals surface area contributed by atoms with E-state index in [9.17, 15) is 4.39 Å². The molecule has 1 aromatic carbocycles. The van der Waals surface area contributed by atoms with E-state index in [0.29, 0.717) is 22.8 Å². The predicted molar refractivity (Wildman–Crippen MR) is 67.1 cm³/mol. The molecule has 0 atom stereocenters. The van der Waals surface area contributed by atoms with Crippen LogP contribution in [0.4, 0.5) is 4.39 Å². The smallest absolute Gasteiger partial charge is 0.128 e. The standard InChI is InChI=1S/C14H12FN3O/c1-19-12-3-2-9(15)6-10(12)11-7-17-13(18-11)14(8-16)4-5-14/h2-3,6-7H,4-5H2,1H3,(H,17,18). The van der Waals surface area contributed by atoms with Gasteiger partial charge in [0.2, 0.25) is 0 Å². The van der Waals surface area contributed by atoms with Gasteiger partial charge in [-0.05, 0) is 31.0 Å². The Bertz CT molecular complexity index is 668. The molecule has 0 amide bonds. The lowest BCUT2D eigenvalue weighted by Crippen LogP contribution is -2.04.